The summed E-state index contributed by atoms with van der Waals surface area (Å²) in [4.78, 5) is 11.7. The molecular formula is C21H26N6. The van der Waals surface area contributed by atoms with Gasteiger partial charge in [0, 0.05) is 42.7 Å². The number of nitrogens with zero attached hydrogens (tertiary/aromatic N) is 5. The standard InChI is InChI=1S/C21H26N6/c1-16-4-3-5-21(24-16)25-19-6-7-20(22-13-19)18-8-10-27(11-9-18)15-17-12-23-26(2)14-17/h3-7,12-14,18H,8-11,15H2,1-2H3,(H,24,25). The molecule has 4 rings (SSSR count). The maximum Gasteiger partial charge on any atom is 0.130 e. The molecule has 1 N–H and O–H groups in total. The van der Waals surface area contributed by atoms with Crippen LogP contribution >= 0.6 is 0 Å². The maximum atomic E-state index is 4.71. The molecule has 0 spiro atoms. The number of hydrogen-bond donors (Lipinski definition) is 1. The summed E-state index contributed by atoms with van der Waals surface area (Å²) < 4.78 is 1.87. The highest BCUT2D eigenvalue weighted by atomic mass is 15.2. The largest absolute Gasteiger partial charge is 0.339 e. The molecule has 0 bridgehead atoms. The Labute approximate surface area is 160 Å². The zero-order valence-corrected chi connectivity index (χ0v) is 16.0. The van der Waals surface area contributed by atoms with E-state index in [0.29, 0.717) is 5.92 Å². The molecule has 6 heteroatoms. The molecule has 0 saturated carbocycles. The molecule has 0 aliphatic carbocycles. The molecule has 140 valence electrons. The first kappa shape index (κ1) is 17.7. The van der Waals surface area contributed by atoms with Crippen LogP contribution in [-0.2, 0) is 13.6 Å². The minimum atomic E-state index is 0.543. The van der Waals surface area contributed by atoms with Gasteiger partial charge in [-0.2, -0.15) is 5.10 Å². The number of aromatic nitrogens is 4. The lowest BCUT2D eigenvalue weighted by Crippen LogP contribution is -2.32. The fourth-order valence-electron chi connectivity index (χ4n) is 3.68. The van der Waals surface area contributed by atoms with Crippen LogP contribution in [-0.4, -0.2) is 37.7 Å². The normalized spacial score (nSPS) is 15.8. The molecule has 0 unspecified atom stereocenters. The van der Waals surface area contributed by atoms with Gasteiger partial charge in [-0.05, 0) is 57.1 Å². The van der Waals surface area contributed by atoms with Crippen molar-refractivity contribution in [1.29, 1.82) is 0 Å². The smallest absolute Gasteiger partial charge is 0.130 e. The van der Waals surface area contributed by atoms with Crippen molar-refractivity contribution in [2.24, 2.45) is 7.05 Å². The molecule has 0 amide bonds. The van der Waals surface area contributed by atoms with Crippen LogP contribution in [0.15, 0.2) is 48.9 Å². The maximum absolute atomic E-state index is 4.71. The molecule has 4 heterocycles. The fourth-order valence-corrected chi connectivity index (χ4v) is 3.68. The highest BCUT2D eigenvalue weighted by molar-refractivity contribution is 5.55. The van der Waals surface area contributed by atoms with Gasteiger partial charge in [-0.1, -0.05) is 6.07 Å². The Morgan fingerprint density at radius 3 is 2.63 bits per heavy atom. The zero-order chi connectivity index (χ0) is 18.6. The first-order valence-electron chi connectivity index (χ1n) is 9.52. The molecule has 27 heavy (non-hydrogen) atoms. The van der Waals surface area contributed by atoms with Gasteiger partial charge in [-0.15, -0.1) is 0 Å². The first-order valence-corrected chi connectivity index (χ1v) is 9.52. The summed E-state index contributed by atoms with van der Waals surface area (Å²) in [5, 5.41) is 7.58. The Hall–Kier alpha value is -2.73. The van der Waals surface area contributed by atoms with E-state index in [2.05, 4.69) is 38.6 Å². The molecule has 1 aliphatic rings. The number of pyridine rings is 2. The molecule has 1 saturated heterocycles. The van der Waals surface area contributed by atoms with Crippen LogP contribution < -0.4 is 5.32 Å². The van der Waals surface area contributed by atoms with Crippen molar-refractivity contribution in [3.05, 3.63) is 65.9 Å². The van der Waals surface area contributed by atoms with Crippen LogP contribution in [0.1, 0.15) is 35.7 Å². The second-order valence-corrected chi connectivity index (χ2v) is 7.33. The molecule has 0 radical (unpaired) electrons. The third-order valence-electron chi connectivity index (χ3n) is 5.12. The number of aryl methyl sites for hydroxylation is 2. The van der Waals surface area contributed by atoms with Crippen LogP contribution in [0.3, 0.4) is 0 Å². The third-order valence-corrected chi connectivity index (χ3v) is 5.12. The van der Waals surface area contributed by atoms with Gasteiger partial charge in [0.25, 0.3) is 0 Å². The topological polar surface area (TPSA) is 58.9 Å². The Balaban J connectivity index is 1.32. The Bertz CT molecular complexity index is 878. The monoisotopic (exact) mass is 362 g/mol. The van der Waals surface area contributed by atoms with Gasteiger partial charge < -0.3 is 5.32 Å². The molecule has 0 aromatic carbocycles. The van der Waals surface area contributed by atoms with E-state index in [1.165, 1.54) is 11.3 Å². The van der Waals surface area contributed by atoms with E-state index in [1.54, 1.807) is 0 Å². The van der Waals surface area contributed by atoms with E-state index < -0.39 is 0 Å². The second kappa shape index (κ2) is 7.88. The summed E-state index contributed by atoms with van der Waals surface area (Å²) in [6, 6.07) is 10.2. The molecule has 6 nitrogen and oxygen atoms in total. The van der Waals surface area contributed by atoms with Crippen molar-refractivity contribution in [3.8, 4) is 0 Å². The van der Waals surface area contributed by atoms with E-state index in [4.69, 9.17) is 4.98 Å². The lowest BCUT2D eigenvalue weighted by molar-refractivity contribution is 0.203. The average molecular weight is 362 g/mol. The van der Waals surface area contributed by atoms with E-state index >= 15 is 0 Å². The third kappa shape index (κ3) is 4.52. The summed E-state index contributed by atoms with van der Waals surface area (Å²) in [6.07, 6.45) is 8.28. The van der Waals surface area contributed by atoms with Gasteiger partial charge in [-0.25, -0.2) is 4.98 Å². The van der Waals surface area contributed by atoms with Crippen molar-refractivity contribution in [2.45, 2.75) is 32.2 Å². The summed E-state index contributed by atoms with van der Waals surface area (Å²) in [5.74, 6) is 1.40. The van der Waals surface area contributed by atoms with Gasteiger partial charge in [0.2, 0.25) is 0 Å². The summed E-state index contributed by atoms with van der Waals surface area (Å²) in [5.41, 5.74) is 4.46. The highest BCUT2D eigenvalue weighted by Crippen LogP contribution is 2.28. The molecule has 1 fully saturated rings. The van der Waals surface area contributed by atoms with Crippen molar-refractivity contribution >= 4 is 11.5 Å². The number of likely N-dealkylation sites (tertiary alicyclic amines) is 1. The van der Waals surface area contributed by atoms with Crippen LogP contribution in [0.25, 0.3) is 0 Å². The minimum Gasteiger partial charge on any atom is -0.339 e. The van der Waals surface area contributed by atoms with Gasteiger partial charge in [0.1, 0.15) is 5.82 Å². The Morgan fingerprint density at radius 2 is 1.96 bits per heavy atom. The van der Waals surface area contributed by atoms with Crippen molar-refractivity contribution in [1.82, 2.24) is 24.6 Å². The molecule has 0 atom stereocenters. The van der Waals surface area contributed by atoms with E-state index in [1.807, 2.05) is 49.2 Å². The minimum absolute atomic E-state index is 0.543. The van der Waals surface area contributed by atoms with Crippen LogP contribution in [0.5, 0.6) is 0 Å². The first-order chi connectivity index (χ1) is 13.2. The van der Waals surface area contributed by atoms with Crippen LogP contribution in [0, 0.1) is 6.92 Å². The predicted molar refractivity (Wildman–Crippen MR) is 107 cm³/mol. The molecular weight excluding hydrogens is 336 g/mol. The molecule has 1 aliphatic heterocycles. The van der Waals surface area contributed by atoms with Gasteiger partial charge >= 0.3 is 0 Å². The lowest BCUT2D eigenvalue weighted by Gasteiger charge is -2.31. The second-order valence-electron chi connectivity index (χ2n) is 7.33. The number of anilines is 2. The van der Waals surface area contributed by atoms with Crippen molar-refractivity contribution < 1.29 is 0 Å². The summed E-state index contributed by atoms with van der Waals surface area (Å²) in [6.45, 7) is 5.19. The number of hydrogen-bond acceptors (Lipinski definition) is 5. The van der Waals surface area contributed by atoms with E-state index in [0.717, 1.165) is 49.7 Å². The quantitative estimate of drug-likeness (QED) is 0.751. The molecule has 3 aromatic heterocycles. The zero-order valence-electron chi connectivity index (χ0n) is 16.0. The van der Waals surface area contributed by atoms with Gasteiger partial charge in [0.05, 0.1) is 18.1 Å². The number of nitrogens with one attached hydrogen (secondary N) is 1. The Kier molecular flexibility index (Phi) is 5.16. The van der Waals surface area contributed by atoms with Gasteiger partial charge in [0.15, 0.2) is 0 Å². The van der Waals surface area contributed by atoms with E-state index in [-0.39, 0.29) is 0 Å². The fraction of sp³-hybridized carbons (Fsp3) is 0.381. The van der Waals surface area contributed by atoms with Crippen molar-refractivity contribution in [2.75, 3.05) is 18.4 Å². The summed E-state index contributed by atoms with van der Waals surface area (Å²) >= 11 is 0. The van der Waals surface area contributed by atoms with Crippen molar-refractivity contribution in [3.63, 3.8) is 0 Å². The summed E-state index contributed by atoms with van der Waals surface area (Å²) in [7, 11) is 1.97. The van der Waals surface area contributed by atoms with Crippen LogP contribution in [0.2, 0.25) is 0 Å². The molecule has 3 aromatic rings. The Morgan fingerprint density at radius 1 is 1.11 bits per heavy atom. The average Bonchev–Trinajstić information content (AvgIpc) is 3.08. The number of piperidine rings is 1. The van der Waals surface area contributed by atoms with Crippen LogP contribution in [0.4, 0.5) is 11.5 Å². The highest BCUT2D eigenvalue weighted by Gasteiger charge is 2.21. The predicted octanol–water partition coefficient (Wildman–Crippen LogP) is 3.64. The van der Waals surface area contributed by atoms with Gasteiger partial charge in [-0.3, -0.25) is 14.6 Å². The number of rotatable bonds is 5. The lowest BCUT2D eigenvalue weighted by atomic mass is 9.93. The van der Waals surface area contributed by atoms with E-state index in [9.17, 15) is 0 Å². The SMILES string of the molecule is Cc1cccc(Nc2ccc(C3CCN(Cc4cnn(C)c4)CC3)nc2)n1.